The average molecular weight is 569 g/mol. The molecule has 5 aromatic rings. The largest absolute Gasteiger partial charge is 0.493 e. The number of rotatable bonds is 6. The van der Waals surface area contributed by atoms with Crippen LogP contribution in [0.4, 0.5) is 16.2 Å². The van der Waals surface area contributed by atoms with Crippen LogP contribution in [0.5, 0.6) is 23.0 Å². The lowest BCUT2D eigenvalue weighted by Crippen LogP contribution is -2.30. The number of amides is 2. The number of nitrogens with zero attached hydrogens (tertiary/aromatic N) is 3. The molecule has 0 saturated heterocycles. The van der Waals surface area contributed by atoms with Crippen LogP contribution >= 0.6 is 0 Å². The first-order valence-electron chi connectivity index (χ1n) is 13.4. The minimum atomic E-state index is -0.730. The highest BCUT2D eigenvalue weighted by atomic mass is 16.7. The van der Waals surface area contributed by atoms with E-state index in [-0.39, 0.29) is 29.8 Å². The zero-order valence-electron chi connectivity index (χ0n) is 23.5. The second kappa shape index (κ2) is 10.6. The molecular weight excluding hydrogens is 540 g/mol. The van der Waals surface area contributed by atoms with E-state index in [1.807, 2.05) is 13.0 Å². The van der Waals surface area contributed by atoms with Gasteiger partial charge in [-0.05, 0) is 36.8 Å². The minimum absolute atomic E-state index is 0.0721. The Kier molecular flexibility index (Phi) is 6.77. The van der Waals surface area contributed by atoms with E-state index in [1.165, 1.54) is 25.1 Å². The average Bonchev–Trinajstić information content (AvgIpc) is 3.45. The summed E-state index contributed by atoms with van der Waals surface area (Å²) in [6.07, 6.45) is 2.02. The number of carbonyl (C=O) groups excluding carboxylic acids is 2. The maximum Gasteiger partial charge on any atom is 0.419 e. The molecule has 214 valence electrons. The minimum Gasteiger partial charge on any atom is -0.493 e. The molecule has 1 aliphatic rings. The van der Waals surface area contributed by atoms with Crippen LogP contribution in [0.15, 0.2) is 59.5 Å². The van der Waals surface area contributed by atoms with Crippen molar-refractivity contribution in [3.05, 3.63) is 65.1 Å². The van der Waals surface area contributed by atoms with Gasteiger partial charge in [-0.2, -0.15) is 0 Å². The van der Waals surface area contributed by atoms with E-state index in [2.05, 4.69) is 10.3 Å². The molecule has 0 spiro atoms. The molecule has 42 heavy (non-hydrogen) atoms. The summed E-state index contributed by atoms with van der Waals surface area (Å²) >= 11 is 0. The van der Waals surface area contributed by atoms with Crippen LogP contribution in [0, 0.1) is 0 Å². The molecule has 3 heterocycles. The van der Waals surface area contributed by atoms with Crippen molar-refractivity contribution in [1.82, 2.24) is 9.55 Å². The van der Waals surface area contributed by atoms with E-state index in [0.717, 1.165) is 5.39 Å². The van der Waals surface area contributed by atoms with Gasteiger partial charge in [0, 0.05) is 48.9 Å². The van der Waals surface area contributed by atoms with Gasteiger partial charge in [0.2, 0.25) is 12.7 Å². The lowest BCUT2D eigenvalue weighted by molar-refractivity contribution is -0.116. The smallest absolute Gasteiger partial charge is 0.419 e. The zero-order valence-corrected chi connectivity index (χ0v) is 23.5. The Morgan fingerprint density at radius 1 is 1.02 bits per heavy atom. The third-order valence-electron chi connectivity index (χ3n) is 7.29. The van der Waals surface area contributed by atoms with Crippen LogP contribution in [0.25, 0.3) is 32.6 Å². The van der Waals surface area contributed by atoms with Crippen molar-refractivity contribution in [1.29, 1.82) is 0 Å². The SMILES string of the molecule is CCCC(=O)Nc1ccccc1N(C)C(=O)Oc1cc2c(=O)n(C)c3c4cc5c(cc4ncc3c2cc1OC)OCO5. The molecule has 0 radical (unpaired) electrons. The Balaban J connectivity index is 1.41. The Hall–Kier alpha value is -5.32. The highest BCUT2D eigenvalue weighted by molar-refractivity contribution is 6.15. The molecule has 0 aliphatic carbocycles. The summed E-state index contributed by atoms with van der Waals surface area (Å²) in [7, 11) is 4.68. The molecule has 1 N–H and O–H groups in total. The van der Waals surface area contributed by atoms with Gasteiger partial charge in [0.1, 0.15) is 0 Å². The number of fused-ring (bicyclic) bond motifs is 6. The number of aryl methyl sites for hydroxylation is 1. The third-order valence-corrected chi connectivity index (χ3v) is 7.29. The summed E-state index contributed by atoms with van der Waals surface area (Å²) in [6, 6.07) is 13.7. The first-order valence-corrected chi connectivity index (χ1v) is 13.4. The number of benzene rings is 3. The summed E-state index contributed by atoms with van der Waals surface area (Å²) in [4.78, 5) is 45.1. The van der Waals surface area contributed by atoms with Crippen molar-refractivity contribution < 1.29 is 28.5 Å². The normalized spacial score (nSPS) is 12.1. The van der Waals surface area contributed by atoms with Crippen molar-refractivity contribution in [2.75, 3.05) is 31.2 Å². The Labute approximate surface area is 240 Å². The first kappa shape index (κ1) is 26.9. The summed E-state index contributed by atoms with van der Waals surface area (Å²) in [5, 5.41) is 5.20. The van der Waals surface area contributed by atoms with Crippen LogP contribution in [-0.4, -0.2) is 42.5 Å². The molecule has 0 saturated carbocycles. The highest BCUT2D eigenvalue weighted by Gasteiger charge is 2.23. The number of hydrogen-bond donors (Lipinski definition) is 1. The number of hydrogen-bond acceptors (Lipinski definition) is 8. The maximum absolute atomic E-state index is 13.7. The number of ether oxygens (including phenoxy) is 4. The predicted octanol–water partition coefficient (Wildman–Crippen LogP) is 5.35. The van der Waals surface area contributed by atoms with Crippen molar-refractivity contribution in [3.8, 4) is 23.0 Å². The zero-order chi connectivity index (χ0) is 29.5. The van der Waals surface area contributed by atoms with E-state index in [4.69, 9.17) is 18.9 Å². The summed E-state index contributed by atoms with van der Waals surface area (Å²) in [6.45, 7) is 2.04. The van der Waals surface area contributed by atoms with Crippen molar-refractivity contribution in [2.24, 2.45) is 7.05 Å². The van der Waals surface area contributed by atoms with Gasteiger partial charge in [0.15, 0.2) is 23.0 Å². The van der Waals surface area contributed by atoms with Crippen molar-refractivity contribution in [3.63, 3.8) is 0 Å². The van der Waals surface area contributed by atoms with Gasteiger partial charge in [0.05, 0.1) is 34.9 Å². The molecule has 0 unspecified atom stereocenters. The number of para-hydroxylation sites is 2. The fraction of sp³-hybridized carbons (Fsp3) is 0.226. The second-order valence-corrected chi connectivity index (χ2v) is 9.90. The molecule has 1 aliphatic heterocycles. The number of nitrogens with one attached hydrogen (secondary N) is 1. The lowest BCUT2D eigenvalue weighted by Gasteiger charge is -2.21. The standard InChI is InChI=1S/C31H28N4O7/c1-5-8-28(36)33-21-9-6-7-10-23(21)34(2)31(38)42-27-12-18-17(11-24(27)39-4)20-15-32-22-14-26-25(40-16-41-26)13-19(22)29(20)35(3)30(18)37/h6-7,9-15H,5,8,16H2,1-4H3,(H,33,36). The van der Waals surface area contributed by atoms with Crippen molar-refractivity contribution in [2.45, 2.75) is 19.8 Å². The quantitative estimate of drug-likeness (QED) is 0.272. The Morgan fingerprint density at radius 3 is 2.52 bits per heavy atom. The number of carbonyl (C=O) groups is 2. The molecule has 3 aromatic carbocycles. The first-order chi connectivity index (χ1) is 20.3. The molecular formula is C31H28N4O7. The molecule has 6 rings (SSSR count). The highest BCUT2D eigenvalue weighted by Crippen LogP contribution is 2.40. The molecule has 2 amide bonds. The van der Waals surface area contributed by atoms with Gasteiger partial charge in [-0.1, -0.05) is 19.1 Å². The van der Waals surface area contributed by atoms with Gasteiger partial charge >= 0.3 is 6.09 Å². The Bertz CT molecular complexity index is 1970. The Morgan fingerprint density at radius 2 is 1.76 bits per heavy atom. The van der Waals surface area contributed by atoms with E-state index in [0.29, 0.717) is 62.9 Å². The van der Waals surface area contributed by atoms with Crippen LogP contribution in [-0.2, 0) is 11.8 Å². The lowest BCUT2D eigenvalue weighted by atomic mass is 10.0. The van der Waals surface area contributed by atoms with Gasteiger partial charge in [0.25, 0.3) is 5.56 Å². The fourth-order valence-electron chi connectivity index (χ4n) is 5.18. The van der Waals surface area contributed by atoms with E-state index < -0.39 is 6.09 Å². The topological polar surface area (TPSA) is 121 Å². The van der Waals surface area contributed by atoms with E-state index in [1.54, 1.807) is 54.2 Å². The van der Waals surface area contributed by atoms with Gasteiger partial charge < -0.3 is 28.8 Å². The number of aromatic nitrogens is 2. The molecule has 0 atom stereocenters. The van der Waals surface area contributed by atoms with Crippen LogP contribution in [0.3, 0.4) is 0 Å². The van der Waals surface area contributed by atoms with Crippen LogP contribution in [0.2, 0.25) is 0 Å². The maximum atomic E-state index is 13.7. The second-order valence-electron chi connectivity index (χ2n) is 9.90. The number of anilines is 2. The summed E-state index contributed by atoms with van der Waals surface area (Å²) in [5.41, 5.74) is 1.97. The molecule has 11 heteroatoms. The molecule has 11 nitrogen and oxygen atoms in total. The van der Waals surface area contributed by atoms with Crippen LogP contribution in [0.1, 0.15) is 19.8 Å². The van der Waals surface area contributed by atoms with Crippen LogP contribution < -0.4 is 34.7 Å². The van der Waals surface area contributed by atoms with E-state index in [9.17, 15) is 14.4 Å². The van der Waals surface area contributed by atoms with Gasteiger partial charge in [-0.3, -0.25) is 19.5 Å². The molecule has 0 fully saturated rings. The number of methoxy groups -OCH3 is 1. The predicted molar refractivity (Wildman–Crippen MR) is 159 cm³/mol. The van der Waals surface area contributed by atoms with Gasteiger partial charge in [-0.15, -0.1) is 0 Å². The van der Waals surface area contributed by atoms with E-state index >= 15 is 0 Å². The summed E-state index contributed by atoms with van der Waals surface area (Å²) < 4.78 is 23.9. The molecule has 0 bridgehead atoms. The summed E-state index contributed by atoms with van der Waals surface area (Å²) in [5.74, 6) is 1.36. The third kappa shape index (κ3) is 4.48. The fourth-order valence-corrected chi connectivity index (χ4v) is 5.18. The molecule has 2 aromatic heterocycles. The van der Waals surface area contributed by atoms with Crippen molar-refractivity contribution >= 4 is 56.0 Å². The number of pyridine rings is 2. The van der Waals surface area contributed by atoms with Gasteiger partial charge in [-0.25, -0.2) is 4.79 Å². The monoisotopic (exact) mass is 568 g/mol.